The van der Waals surface area contributed by atoms with E-state index in [9.17, 15) is 4.79 Å². The average molecular weight is 246 g/mol. The highest BCUT2D eigenvalue weighted by Gasteiger charge is 2.18. The van der Waals surface area contributed by atoms with E-state index in [4.69, 9.17) is 0 Å². The van der Waals surface area contributed by atoms with Crippen LogP contribution in [0.4, 0.5) is 0 Å². The van der Waals surface area contributed by atoms with Gasteiger partial charge in [0.1, 0.15) is 0 Å². The van der Waals surface area contributed by atoms with Gasteiger partial charge in [0.2, 0.25) is 0 Å². The van der Waals surface area contributed by atoms with E-state index in [1.165, 1.54) is 25.7 Å². The van der Waals surface area contributed by atoms with Crippen LogP contribution < -0.4 is 5.32 Å². The lowest BCUT2D eigenvalue weighted by atomic mass is 10.2. The summed E-state index contributed by atoms with van der Waals surface area (Å²) in [6.45, 7) is 1.66. The fourth-order valence-electron chi connectivity index (χ4n) is 2.56. The van der Waals surface area contributed by atoms with Crippen molar-refractivity contribution in [1.82, 2.24) is 10.2 Å². The summed E-state index contributed by atoms with van der Waals surface area (Å²) < 4.78 is 0. The summed E-state index contributed by atoms with van der Waals surface area (Å²) in [5.41, 5.74) is 0.737. The molecule has 0 atom stereocenters. The lowest BCUT2D eigenvalue weighted by Gasteiger charge is -2.23. The molecule has 1 N–H and O–H groups in total. The van der Waals surface area contributed by atoms with E-state index in [-0.39, 0.29) is 5.91 Å². The number of benzene rings is 1. The molecule has 0 saturated heterocycles. The van der Waals surface area contributed by atoms with E-state index in [1.54, 1.807) is 0 Å². The molecular weight excluding hydrogens is 224 g/mol. The molecule has 1 amide bonds. The lowest BCUT2D eigenvalue weighted by molar-refractivity contribution is 0.0947. The van der Waals surface area contributed by atoms with Crippen molar-refractivity contribution in [1.29, 1.82) is 0 Å². The van der Waals surface area contributed by atoms with Crippen molar-refractivity contribution in [3.05, 3.63) is 35.9 Å². The molecule has 1 aromatic rings. The van der Waals surface area contributed by atoms with Crippen LogP contribution in [-0.2, 0) is 0 Å². The molecule has 2 rings (SSSR count). The van der Waals surface area contributed by atoms with E-state index in [0.29, 0.717) is 0 Å². The molecule has 0 heterocycles. The highest BCUT2D eigenvalue weighted by Crippen LogP contribution is 2.21. The normalized spacial score (nSPS) is 16.1. The first-order valence-corrected chi connectivity index (χ1v) is 6.81. The average Bonchev–Trinajstić information content (AvgIpc) is 2.93. The third-order valence-electron chi connectivity index (χ3n) is 3.73. The van der Waals surface area contributed by atoms with Crippen molar-refractivity contribution in [2.24, 2.45) is 0 Å². The topological polar surface area (TPSA) is 32.3 Å². The van der Waals surface area contributed by atoms with Gasteiger partial charge in [-0.2, -0.15) is 0 Å². The van der Waals surface area contributed by atoms with Gasteiger partial charge in [-0.1, -0.05) is 31.0 Å². The van der Waals surface area contributed by atoms with Gasteiger partial charge in [-0.05, 0) is 32.0 Å². The Hall–Kier alpha value is -1.35. The van der Waals surface area contributed by atoms with Crippen LogP contribution in [0.3, 0.4) is 0 Å². The van der Waals surface area contributed by atoms with Crippen LogP contribution in [0.25, 0.3) is 0 Å². The first-order valence-electron chi connectivity index (χ1n) is 6.81. The summed E-state index contributed by atoms with van der Waals surface area (Å²) in [5.74, 6) is 0.0235. The maximum absolute atomic E-state index is 11.8. The summed E-state index contributed by atoms with van der Waals surface area (Å²) in [6, 6.07) is 10.1. The van der Waals surface area contributed by atoms with E-state index >= 15 is 0 Å². The number of amides is 1. The number of carbonyl (C=O) groups is 1. The molecule has 0 aromatic heterocycles. The van der Waals surface area contributed by atoms with Crippen LogP contribution >= 0.6 is 0 Å². The molecule has 0 radical (unpaired) electrons. The molecule has 1 aliphatic rings. The molecule has 0 spiro atoms. The van der Waals surface area contributed by atoms with E-state index in [2.05, 4.69) is 17.3 Å². The van der Waals surface area contributed by atoms with Crippen molar-refractivity contribution in [2.45, 2.75) is 31.7 Å². The van der Waals surface area contributed by atoms with Gasteiger partial charge in [0.15, 0.2) is 0 Å². The number of likely N-dealkylation sites (N-methyl/N-ethyl adjacent to an activating group) is 1. The Morgan fingerprint density at radius 3 is 2.61 bits per heavy atom. The van der Waals surface area contributed by atoms with Gasteiger partial charge < -0.3 is 10.2 Å². The maximum atomic E-state index is 11.8. The first kappa shape index (κ1) is 13.1. The number of nitrogens with zero attached hydrogens (tertiary/aromatic N) is 1. The zero-order valence-electron chi connectivity index (χ0n) is 11.1. The van der Waals surface area contributed by atoms with Crippen LogP contribution in [0.15, 0.2) is 30.3 Å². The van der Waals surface area contributed by atoms with Gasteiger partial charge in [0.25, 0.3) is 5.91 Å². The summed E-state index contributed by atoms with van der Waals surface area (Å²) in [4.78, 5) is 14.2. The van der Waals surface area contributed by atoms with Crippen molar-refractivity contribution in [3.63, 3.8) is 0 Å². The van der Waals surface area contributed by atoms with E-state index in [1.807, 2.05) is 30.3 Å². The minimum absolute atomic E-state index is 0.0235. The molecule has 0 bridgehead atoms. The van der Waals surface area contributed by atoms with Gasteiger partial charge >= 0.3 is 0 Å². The summed E-state index contributed by atoms with van der Waals surface area (Å²) in [7, 11) is 2.16. The highest BCUT2D eigenvalue weighted by atomic mass is 16.1. The van der Waals surface area contributed by atoms with Crippen LogP contribution in [0.1, 0.15) is 36.0 Å². The number of hydrogen-bond acceptors (Lipinski definition) is 2. The second kappa shape index (κ2) is 6.55. The molecule has 1 fully saturated rings. The molecule has 3 heteroatoms. The largest absolute Gasteiger partial charge is 0.351 e. The van der Waals surface area contributed by atoms with Gasteiger partial charge in [-0.3, -0.25) is 4.79 Å². The van der Waals surface area contributed by atoms with Gasteiger partial charge in [-0.25, -0.2) is 0 Å². The van der Waals surface area contributed by atoms with Gasteiger partial charge in [0.05, 0.1) is 0 Å². The molecular formula is C15H22N2O. The third-order valence-corrected chi connectivity index (χ3v) is 3.73. The van der Waals surface area contributed by atoms with Crippen molar-refractivity contribution >= 4 is 5.91 Å². The van der Waals surface area contributed by atoms with Crippen LogP contribution in [0.2, 0.25) is 0 Å². The first-order chi connectivity index (χ1) is 8.77. The zero-order valence-corrected chi connectivity index (χ0v) is 11.1. The van der Waals surface area contributed by atoms with Crippen molar-refractivity contribution in [3.8, 4) is 0 Å². The number of carbonyl (C=O) groups excluding carboxylic acids is 1. The highest BCUT2D eigenvalue weighted by molar-refractivity contribution is 5.94. The standard InChI is InChI=1S/C15H22N2O/c1-17(14-9-5-6-10-14)12-11-16-15(18)13-7-3-2-4-8-13/h2-4,7-8,14H,5-6,9-12H2,1H3,(H,16,18). The SMILES string of the molecule is CN(CCNC(=O)c1ccccc1)C1CCCC1. The van der Waals surface area contributed by atoms with E-state index in [0.717, 1.165) is 24.7 Å². The Morgan fingerprint density at radius 2 is 1.94 bits per heavy atom. The fraction of sp³-hybridized carbons (Fsp3) is 0.533. The van der Waals surface area contributed by atoms with Crippen LogP contribution in [-0.4, -0.2) is 37.0 Å². The van der Waals surface area contributed by atoms with Crippen molar-refractivity contribution < 1.29 is 4.79 Å². The third kappa shape index (κ3) is 3.57. The molecule has 0 aliphatic heterocycles. The molecule has 98 valence electrons. The van der Waals surface area contributed by atoms with Crippen LogP contribution in [0.5, 0.6) is 0 Å². The second-order valence-corrected chi connectivity index (χ2v) is 5.04. The Morgan fingerprint density at radius 1 is 1.28 bits per heavy atom. The second-order valence-electron chi connectivity index (χ2n) is 5.04. The minimum Gasteiger partial charge on any atom is -0.351 e. The number of nitrogens with one attached hydrogen (secondary N) is 1. The summed E-state index contributed by atoms with van der Waals surface area (Å²) in [5, 5.41) is 2.97. The molecule has 1 aromatic carbocycles. The quantitative estimate of drug-likeness (QED) is 0.864. The number of hydrogen-bond donors (Lipinski definition) is 1. The summed E-state index contributed by atoms with van der Waals surface area (Å²) in [6.07, 6.45) is 5.32. The fourth-order valence-corrected chi connectivity index (χ4v) is 2.56. The van der Waals surface area contributed by atoms with Gasteiger partial charge in [0, 0.05) is 24.7 Å². The molecule has 0 unspecified atom stereocenters. The Balaban J connectivity index is 1.70. The molecule has 1 aliphatic carbocycles. The minimum atomic E-state index is 0.0235. The molecule has 3 nitrogen and oxygen atoms in total. The Labute approximate surface area is 109 Å². The molecule has 1 saturated carbocycles. The van der Waals surface area contributed by atoms with Gasteiger partial charge in [-0.15, -0.1) is 0 Å². The lowest BCUT2D eigenvalue weighted by Crippen LogP contribution is -2.37. The Kier molecular flexibility index (Phi) is 4.76. The van der Waals surface area contributed by atoms with E-state index < -0.39 is 0 Å². The van der Waals surface area contributed by atoms with Crippen molar-refractivity contribution in [2.75, 3.05) is 20.1 Å². The molecule has 18 heavy (non-hydrogen) atoms. The zero-order chi connectivity index (χ0) is 12.8. The monoisotopic (exact) mass is 246 g/mol. The summed E-state index contributed by atoms with van der Waals surface area (Å²) >= 11 is 0. The smallest absolute Gasteiger partial charge is 0.251 e. The predicted molar refractivity (Wildman–Crippen MR) is 73.7 cm³/mol. The number of rotatable bonds is 5. The van der Waals surface area contributed by atoms with Crippen LogP contribution in [0, 0.1) is 0 Å². The maximum Gasteiger partial charge on any atom is 0.251 e. The predicted octanol–water partition coefficient (Wildman–Crippen LogP) is 2.29. The Bertz CT molecular complexity index is 371.